The van der Waals surface area contributed by atoms with Crippen molar-refractivity contribution in [2.24, 2.45) is 7.05 Å². The Morgan fingerprint density at radius 3 is 2.52 bits per heavy atom. The first-order valence-corrected chi connectivity index (χ1v) is 10.4. The number of anilines is 1. The molecule has 10 heteroatoms. The molecule has 0 aliphatic carbocycles. The topological polar surface area (TPSA) is 98.4 Å². The molecule has 2 atom stereocenters. The normalized spacial score (nSPS) is 19.6. The molecule has 3 rings (SSSR count). The van der Waals surface area contributed by atoms with Crippen molar-refractivity contribution in [3.63, 3.8) is 0 Å². The molecule has 1 saturated heterocycles. The van der Waals surface area contributed by atoms with E-state index in [9.17, 15) is 14.4 Å². The fourth-order valence-corrected chi connectivity index (χ4v) is 3.84. The van der Waals surface area contributed by atoms with Gasteiger partial charge in [0.25, 0.3) is 5.56 Å². The lowest BCUT2D eigenvalue weighted by molar-refractivity contribution is 0.0106. The fourth-order valence-electron chi connectivity index (χ4n) is 3.84. The summed E-state index contributed by atoms with van der Waals surface area (Å²) in [6, 6.07) is 1.34. The number of aromatic nitrogens is 3. The highest BCUT2D eigenvalue weighted by Gasteiger charge is 2.37. The minimum absolute atomic E-state index is 0.0924. The van der Waals surface area contributed by atoms with E-state index in [4.69, 9.17) is 9.47 Å². The van der Waals surface area contributed by atoms with E-state index in [-0.39, 0.29) is 29.4 Å². The molecule has 10 nitrogen and oxygen atoms in total. The van der Waals surface area contributed by atoms with Crippen molar-refractivity contribution in [3.05, 3.63) is 28.3 Å². The SMILES string of the molecule is CC[C@@H]1CN(c2cc(=O)n(C)n3cc(C(=O)OC)nc23)[C@@H](C)CN1C(=O)OC(C)(C)C. The summed E-state index contributed by atoms with van der Waals surface area (Å²) in [5, 5.41) is 0. The third kappa shape index (κ3) is 4.38. The molecule has 2 aromatic heterocycles. The van der Waals surface area contributed by atoms with Gasteiger partial charge < -0.3 is 19.3 Å². The number of hydrogen-bond donors (Lipinski definition) is 0. The lowest BCUT2D eigenvalue weighted by atomic mass is 10.0. The Kier molecular flexibility index (Phi) is 6.02. The van der Waals surface area contributed by atoms with E-state index in [2.05, 4.69) is 9.88 Å². The second kappa shape index (κ2) is 8.24. The maximum Gasteiger partial charge on any atom is 0.410 e. The maximum atomic E-state index is 12.8. The average Bonchev–Trinajstić information content (AvgIpc) is 3.14. The number of methoxy groups -OCH3 is 1. The number of aryl methyl sites for hydroxylation is 1. The van der Waals surface area contributed by atoms with Gasteiger partial charge in [-0.25, -0.2) is 23.8 Å². The summed E-state index contributed by atoms with van der Waals surface area (Å²) in [5.74, 6) is -0.573. The largest absolute Gasteiger partial charge is 0.464 e. The number of carbonyl (C=O) groups is 2. The van der Waals surface area contributed by atoms with Crippen LogP contribution in [0.4, 0.5) is 10.5 Å². The molecular weight excluding hydrogens is 402 g/mol. The number of piperazine rings is 1. The zero-order valence-corrected chi connectivity index (χ0v) is 19.2. The molecule has 3 heterocycles. The number of imidazole rings is 1. The van der Waals surface area contributed by atoms with E-state index in [0.717, 1.165) is 6.42 Å². The molecule has 0 N–H and O–H groups in total. The van der Waals surface area contributed by atoms with Crippen LogP contribution < -0.4 is 10.5 Å². The quantitative estimate of drug-likeness (QED) is 0.683. The second-order valence-electron chi connectivity index (χ2n) is 8.87. The molecule has 31 heavy (non-hydrogen) atoms. The minimum Gasteiger partial charge on any atom is -0.464 e. The molecule has 170 valence electrons. The molecule has 0 bridgehead atoms. The lowest BCUT2D eigenvalue weighted by Gasteiger charge is -2.46. The number of carbonyl (C=O) groups excluding carboxylic acids is 2. The van der Waals surface area contributed by atoms with Gasteiger partial charge in [-0.15, -0.1) is 0 Å². The maximum absolute atomic E-state index is 12.8. The summed E-state index contributed by atoms with van der Waals surface area (Å²) in [7, 11) is 2.90. The van der Waals surface area contributed by atoms with Crippen LogP contribution in [0.1, 0.15) is 51.5 Å². The van der Waals surface area contributed by atoms with Crippen molar-refractivity contribution in [2.45, 2.75) is 58.7 Å². The van der Waals surface area contributed by atoms with Gasteiger partial charge in [-0.1, -0.05) is 6.92 Å². The first-order chi connectivity index (χ1) is 14.5. The van der Waals surface area contributed by atoms with Crippen molar-refractivity contribution >= 4 is 23.4 Å². The van der Waals surface area contributed by atoms with Gasteiger partial charge in [-0.3, -0.25) is 4.79 Å². The van der Waals surface area contributed by atoms with Crippen LogP contribution in [0.2, 0.25) is 0 Å². The second-order valence-corrected chi connectivity index (χ2v) is 8.87. The number of hydrogen-bond acceptors (Lipinski definition) is 7. The predicted molar refractivity (Wildman–Crippen MR) is 116 cm³/mol. The van der Waals surface area contributed by atoms with E-state index < -0.39 is 11.6 Å². The highest BCUT2D eigenvalue weighted by Crippen LogP contribution is 2.28. The zero-order chi connectivity index (χ0) is 23.1. The molecule has 1 aliphatic rings. The molecule has 1 aliphatic heterocycles. The number of nitrogens with zero attached hydrogens (tertiary/aromatic N) is 5. The van der Waals surface area contributed by atoms with Crippen LogP contribution in [0.3, 0.4) is 0 Å². The van der Waals surface area contributed by atoms with Gasteiger partial charge in [0.1, 0.15) is 5.60 Å². The molecule has 0 saturated carbocycles. The van der Waals surface area contributed by atoms with Gasteiger partial charge in [0.05, 0.1) is 25.0 Å². The van der Waals surface area contributed by atoms with Gasteiger partial charge in [-0.2, -0.15) is 0 Å². The third-order valence-electron chi connectivity index (χ3n) is 5.46. The van der Waals surface area contributed by atoms with E-state index in [1.165, 1.54) is 24.1 Å². The van der Waals surface area contributed by atoms with Crippen LogP contribution in [-0.4, -0.2) is 69.0 Å². The minimum atomic E-state index is -0.576. The Bertz CT molecular complexity index is 1050. The summed E-state index contributed by atoms with van der Waals surface area (Å²) in [6.07, 6.45) is 1.88. The summed E-state index contributed by atoms with van der Waals surface area (Å²) >= 11 is 0. The molecule has 0 unspecified atom stereocenters. The number of ether oxygens (including phenoxy) is 2. The first kappa shape index (κ1) is 22.6. The van der Waals surface area contributed by atoms with Crippen LogP contribution in [-0.2, 0) is 16.5 Å². The molecule has 0 radical (unpaired) electrons. The number of fused-ring (bicyclic) bond motifs is 1. The van der Waals surface area contributed by atoms with E-state index in [0.29, 0.717) is 24.4 Å². The average molecular weight is 434 g/mol. The Balaban J connectivity index is 2.00. The van der Waals surface area contributed by atoms with E-state index in [1.807, 2.05) is 34.6 Å². The number of amides is 1. The standard InChI is InChI=1S/C21H31N5O5/c1-8-14-11-24(13(2)10-25(14)20(29)31-21(3,4)5)16-9-17(27)23(6)26-12-15(19(28)30-7)22-18(16)26/h9,12-14H,8,10-11H2,1-7H3/t13-,14+/m0/s1. The molecule has 0 aromatic carbocycles. The lowest BCUT2D eigenvalue weighted by Crippen LogP contribution is -2.60. The monoisotopic (exact) mass is 433 g/mol. The van der Waals surface area contributed by atoms with Crippen molar-refractivity contribution in [3.8, 4) is 0 Å². The first-order valence-electron chi connectivity index (χ1n) is 10.4. The van der Waals surface area contributed by atoms with E-state index >= 15 is 0 Å². The molecule has 1 amide bonds. The summed E-state index contributed by atoms with van der Waals surface area (Å²) in [6.45, 7) is 10.5. The van der Waals surface area contributed by atoms with Gasteiger partial charge in [0, 0.05) is 32.2 Å². The van der Waals surface area contributed by atoms with Gasteiger partial charge in [0.2, 0.25) is 0 Å². The Labute approximate surface area is 181 Å². The van der Waals surface area contributed by atoms with Crippen LogP contribution in [0.5, 0.6) is 0 Å². The highest BCUT2D eigenvalue weighted by atomic mass is 16.6. The zero-order valence-electron chi connectivity index (χ0n) is 19.2. The molecule has 2 aromatic rings. The Morgan fingerprint density at radius 2 is 1.94 bits per heavy atom. The van der Waals surface area contributed by atoms with Crippen molar-refractivity contribution < 1.29 is 19.1 Å². The smallest absolute Gasteiger partial charge is 0.410 e. The summed E-state index contributed by atoms with van der Waals surface area (Å²) in [4.78, 5) is 45.6. The van der Waals surface area contributed by atoms with Gasteiger partial charge >= 0.3 is 12.1 Å². The fraction of sp³-hybridized carbons (Fsp3) is 0.619. The number of rotatable bonds is 3. The predicted octanol–water partition coefficient (Wildman–Crippen LogP) is 2.04. The number of esters is 1. The highest BCUT2D eigenvalue weighted by molar-refractivity contribution is 5.88. The molecule has 0 spiro atoms. The third-order valence-corrected chi connectivity index (χ3v) is 5.46. The van der Waals surface area contributed by atoms with Crippen LogP contribution in [0.25, 0.3) is 5.65 Å². The van der Waals surface area contributed by atoms with Crippen LogP contribution in [0.15, 0.2) is 17.1 Å². The molecular formula is C21H31N5O5. The van der Waals surface area contributed by atoms with Crippen LogP contribution in [0, 0.1) is 0 Å². The summed E-state index contributed by atoms with van der Waals surface area (Å²) in [5.41, 5.74) is 0.416. The van der Waals surface area contributed by atoms with Gasteiger partial charge in [0.15, 0.2) is 11.3 Å². The van der Waals surface area contributed by atoms with Crippen molar-refractivity contribution in [1.29, 1.82) is 0 Å². The van der Waals surface area contributed by atoms with Crippen LogP contribution >= 0.6 is 0 Å². The van der Waals surface area contributed by atoms with E-state index in [1.54, 1.807) is 16.5 Å². The Morgan fingerprint density at radius 1 is 1.26 bits per heavy atom. The Hall–Kier alpha value is -3.04. The van der Waals surface area contributed by atoms with Crippen molar-refractivity contribution in [1.82, 2.24) is 19.1 Å². The summed E-state index contributed by atoms with van der Waals surface area (Å²) < 4.78 is 13.3. The molecule has 1 fully saturated rings. The van der Waals surface area contributed by atoms with Crippen molar-refractivity contribution in [2.75, 3.05) is 25.1 Å². The van der Waals surface area contributed by atoms with Gasteiger partial charge in [-0.05, 0) is 34.1 Å².